The first kappa shape index (κ1) is 15.2. The number of nitrogens with zero attached hydrogens (tertiary/aromatic N) is 1. The number of hydrogen-bond acceptors (Lipinski definition) is 3. The minimum atomic E-state index is -3.40. The molecule has 0 aliphatic carbocycles. The summed E-state index contributed by atoms with van der Waals surface area (Å²) in [7, 11) is -1.54. The Morgan fingerprint density at radius 1 is 1.30 bits per heavy atom. The van der Waals surface area contributed by atoms with Crippen LogP contribution in [0.1, 0.15) is 24.5 Å². The lowest BCUT2D eigenvalue weighted by Crippen LogP contribution is -2.35. The highest BCUT2D eigenvalue weighted by Gasteiger charge is 2.27. The van der Waals surface area contributed by atoms with Crippen LogP contribution in [-0.2, 0) is 16.6 Å². The highest BCUT2D eigenvalue weighted by Crippen LogP contribution is 2.25. The Morgan fingerprint density at radius 2 is 2.05 bits per heavy atom. The molecule has 0 radical (unpaired) electrons. The number of nitrogens with one attached hydrogen (secondary N) is 1. The van der Waals surface area contributed by atoms with E-state index in [1.807, 2.05) is 39.1 Å². The van der Waals surface area contributed by atoms with Crippen molar-refractivity contribution in [3.63, 3.8) is 0 Å². The fourth-order valence-corrected chi connectivity index (χ4v) is 4.08. The average molecular weight is 294 g/mol. The van der Waals surface area contributed by atoms with E-state index in [4.69, 9.17) is 0 Å². The van der Waals surface area contributed by atoms with Crippen molar-refractivity contribution in [3.8, 4) is 0 Å². The zero-order valence-electron chi connectivity index (χ0n) is 12.3. The van der Waals surface area contributed by atoms with Crippen molar-refractivity contribution < 1.29 is 8.42 Å². The largest absolute Gasteiger partial charge is 0.316 e. The second kappa shape index (κ2) is 6.08. The maximum Gasteiger partial charge on any atom is 0.243 e. The van der Waals surface area contributed by atoms with E-state index in [1.165, 1.54) is 5.57 Å². The second-order valence-corrected chi connectivity index (χ2v) is 7.14. The predicted molar refractivity (Wildman–Crippen MR) is 81.1 cm³/mol. The molecule has 0 saturated carbocycles. The molecule has 0 bridgehead atoms. The number of hydrogen-bond donors (Lipinski definition) is 1. The molecule has 4 nitrogen and oxygen atoms in total. The Labute approximate surface area is 121 Å². The van der Waals surface area contributed by atoms with Crippen LogP contribution in [0.5, 0.6) is 0 Å². The lowest BCUT2D eigenvalue weighted by atomic mass is 10.1. The summed E-state index contributed by atoms with van der Waals surface area (Å²) >= 11 is 0. The van der Waals surface area contributed by atoms with E-state index in [1.54, 1.807) is 10.4 Å². The molecular weight excluding hydrogens is 272 g/mol. The van der Waals surface area contributed by atoms with Crippen molar-refractivity contribution in [2.75, 3.05) is 20.1 Å². The third-order valence-corrected chi connectivity index (χ3v) is 5.79. The second-order valence-electron chi connectivity index (χ2n) is 5.23. The van der Waals surface area contributed by atoms with Crippen LogP contribution in [-0.4, -0.2) is 32.9 Å². The summed E-state index contributed by atoms with van der Waals surface area (Å²) in [6, 6.07) is 5.48. The first-order valence-electron chi connectivity index (χ1n) is 6.85. The average Bonchev–Trinajstić information content (AvgIpc) is 2.41. The smallest absolute Gasteiger partial charge is 0.243 e. The molecule has 0 unspecified atom stereocenters. The topological polar surface area (TPSA) is 49.4 Å². The molecule has 0 fully saturated rings. The summed E-state index contributed by atoms with van der Waals surface area (Å²) in [6.07, 6.45) is 2.81. The van der Waals surface area contributed by atoms with Crippen molar-refractivity contribution in [3.05, 3.63) is 41.0 Å². The standard InChI is InChI=1S/C15H22N2O2S/c1-12-7-9-17(10-8-12)20(18,19)15-6-4-5-14(11-16-3)13(15)2/h4-7,16H,8-11H2,1-3H3. The van der Waals surface area contributed by atoms with Crippen molar-refractivity contribution in [1.29, 1.82) is 0 Å². The molecule has 110 valence electrons. The highest BCUT2D eigenvalue weighted by molar-refractivity contribution is 7.89. The summed E-state index contributed by atoms with van der Waals surface area (Å²) in [6.45, 7) is 5.64. The maximum atomic E-state index is 12.7. The predicted octanol–water partition coefficient (Wildman–Crippen LogP) is 2.06. The SMILES string of the molecule is CNCc1cccc(S(=O)(=O)N2CC=C(C)CC2)c1C. The minimum absolute atomic E-state index is 0.429. The third-order valence-electron chi connectivity index (χ3n) is 3.78. The zero-order valence-corrected chi connectivity index (χ0v) is 13.1. The number of rotatable bonds is 4. The Morgan fingerprint density at radius 3 is 2.65 bits per heavy atom. The highest BCUT2D eigenvalue weighted by atomic mass is 32.2. The molecule has 1 N–H and O–H groups in total. The van der Waals surface area contributed by atoms with Crippen LogP contribution in [0.25, 0.3) is 0 Å². The van der Waals surface area contributed by atoms with Crippen LogP contribution in [0, 0.1) is 6.92 Å². The monoisotopic (exact) mass is 294 g/mol. The van der Waals surface area contributed by atoms with Gasteiger partial charge in [0.15, 0.2) is 0 Å². The first-order chi connectivity index (χ1) is 9.46. The van der Waals surface area contributed by atoms with Crippen LogP contribution in [0.4, 0.5) is 0 Å². The van der Waals surface area contributed by atoms with E-state index in [-0.39, 0.29) is 0 Å². The Balaban J connectivity index is 2.37. The van der Waals surface area contributed by atoms with Gasteiger partial charge in [-0.05, 0) is 44.5 Å². The zero-order chi connectivity index (χ0) is 14.8. The molecule has 0 atom stereocenters. The quantitative estimate of drug-likeness (QED) is 0.865. The molecule has 0 saturated heterocycles. The van der Waals surface area contributed by atoms with Gasteiger partial charge in [-0.1, -0.05) is 23.8 Å². The summed E-state index contributed by atoms with van der Waals surface area (Å²) in [5.41, 5.74) is 3.13. The number of sulfonamides is 1. The van der Waals surface area contributed by atoms with Gasteiger partial charge in [0.05, 0.1) is 4.90 Å². The van der Waals surface area contributed by atoms with Gasteiger partial charge >= 0.3 is 0 Å². The van der Waals surface area contributed by atoms with Gasteiger partial charge in [0, 0.05) is 19.6 Å². The number of benzene rings is 1. The Kier molecular flexibility index (Phi) is 4.62. The van der Waals surface area contributed by atoms with Gasteiger partial charge in [-0.3, -0.25) is 0 Å². The van der Waals surface area contributed by atoms with Gasteiger partial charge in [0.1, 0.15) is 0 Å². The first-order valence-corrected chi connectivity index (χ1v) is 8.29. The summed E-state index contributed by atoms with van der Waals surface area (Å²) in [4.78, 5) is 0.429. The van der Waals surface area contributed by atoms with Crippen LogP contribution in [0.3, 0.4) is 0 Å². The fourth-order valence-electron chi connectivity index (χ4n) is 2.43. The molecule has 1 aromatic rings. The fraction of sp³-hybridized carbons (Fsp3) is 0.467. The molecular formula is C15H22N2O2S. The van der Waals surface area contributed by atoms with Gasteiger partial charge in [-0.15, -0.1) is 0 Å². The Bertz CT molecular complexity index is 621. The van der Waals surface area contributed by atoms with E-state index in [0.717, 1.165) is 17.5 Å². The minimum Gasteiger partial charge on any atom is -0.316 e. The Hall–Kier alpha value is -1.17. The van der Waals surface area contributed by atoms with Crippen molar-refractivity contribution in [2.45, 2.75) is 31.7 Å². The lowest BCUT2D eigenvalue weighted by Gasteiger charge is -2.26. The van der Waals surface area contributed by atoms with Crippen molar-refractivity contribution >= 4 is 10.0 Å². The van der Waals surface area contributed by atoms with Crippen LogP contribution in [0.2, 0.25) is 0 Å². The molecule has 0 spiro atoms. The van der Waals surface area contributed by atoms with E-state index >= 15 is 0 Å². The molecule has 20 heavy (non-hydrogen) atoms. The lowest BCUT2D eigenvalue weighted by molar-refractivity contribution is 0.431. The molecule has 0 amide bonds. The van der Waals surface area contributed by atoms with Gasteiger partial charge in [-0.2, -0.15) is 4.31 Å². The van der Waals surface area contributed by atoms with Gasteiger partial charge in [0.25, 0.3) is 0 Å². The molecule has 0 aromatic heterocycles. The normalized spacial score (nSPS) is 17.1. The molecule has 1 heterocycles. The molecule has 1 aromatic carbocycles. The van der Waals surface area contributed by atoms with Crippen LogP contribution in [0.15, 0.2) is 34.7 Å². The van der Waals surface area contributed by atoms with Gasteiger partial charge < -0.3 is 5.32 Å². The van der Waals surface area contributed by atoms with Crippen LogP contribution >= 0.6 is 0 Å². The van der Waals surface area contributed by atoms with Gasteiger partial charge in [-0.25, -0.2) is 8.42 Å². The van der Waals surface area contributed by atoms with E-state index in [0.29, 0.717) is 24.5 Å². The maximum absolute atomic E-state index is 12.7. The molecule has 5 heteroatoms. The summed E-state index contributed by atoms with van der Waals surface area (Å²) < 4.78 is 27.1. The van der Waals surface area contributed by atoms with E-state index in [2.05, 4.69) is 5.32 Å². The molecule has 2 rings (SSSR count). The van der Waals surface area contributed by atoms with Crippen molar-refractivity contribution in [1.82, 2.24) is 9.62 Å². The third kappa shape index (κ3) is 2.95. The molecule has 1 aliphatic rings. The van der Waals surface area contributed by atoms with E-state index in [9.17, 15) is 8.42 Å². The van der Waals surface area contributed by atoms with Crippen LogP contribution < -0.4 is 5.32 Å². The molecule has 1 aliphatic heterocycles. The summed E-state index contributed by atoms with van der Waals surface area (Å²) in [5.74, 6) is 0. The van der Waals surface area contributed by atoms with Crippen molar-refractivity contribution in [2.24, 2.45) is 0 Å². The summed E-state index contributed by atoms with van der Waals surface area (Å²) in [5, 5.41) is 3.07. The van der Waals surface area contributed by atoms with Gasteiger partial charge in [0.2, 0.25) is 10.0 Å². The van der Waals surface area contributed by atoms with E-state index < -0.39 is 10.0 Å².